The van der Waals surface area contributed by atoms with Crippen LogP contribution in [0.2, 0.25) is 0 Å². The molecule has 1 saturated heterocycles. The number of alkyl halides is 1. The van der Waals surface area contributed by atoms with Gasteiger partial charge in [-0.05, 0) is 89.7 Å². The molecule has 3 aliphatic rings. The van der Waals surface area contributed by atoms with Crippen molar-refractivity contribution in [2.75, 3.05) is 18.1 Å². The molecule has 2 fully saturated rings. The predicted octanol–water partition coefficient (Wildman–Crippen LogP) is 10.4. The molecule has 4 nitrogen and oxygen atoms in total. The van der Waals surface area contributed by atoms with Crippen LogP contribution >= 0.6 is 12.6 Å². The molecule has 7 heteroatoms. The van der Waals surface area contributed by atoms with E-state index >= 15 is 0 Å². The number of fused-ring (bicyclic) bond motifs is 1. The molecule has 1 saturated carbocycles. The average Bonchev–Trinajstić information content (AvgIpc) is 3.18. The molecule has 47 heavy (non-hydrogen) atoms. The molecule has 1 amide bonds. The Bertz CT molecular complexity index is 1050. The minimum absolute atomic E-state index is 0.277. The fourth-order valence-electron chi connectivity index (χ4n) is 6.80. The number of anilines is 1. The third-order valence-corrected chi connectivity index (χ3v) is 11.7. The summed E-state index contributed by atoms with van der Waals surface area (Å²) in [5.74, 6) is 2.84. The van der Waals surface area contributed by atoms with Crippen LogP contribution in [0.3, 0.4) is 0 Å². The van der Waals surface area contributed by atoms with Crippen molar-refractivity contribution >= 4 is 37.2 Å². The molecule has 4 rings (SSSR count). The molecular weight excluding hydrogens is 604 g/mol. The van der Waals surface area contributed by atoms with Gasteiger partial charge < -0.3 is 14.3 Å². The highest BCUT2D eigenvalue weighted by molar-refractivity contribution is 7.81. The number of thiol groups is 1. The Kier molecular flexibility index (Phi) is 17.4. The van der Waals surface area contributed by atoms with Crippen molar-refractivity contribution in [2.45, 2.75) is 181 Å². The van der Waals surface area contributed by atoms with Gasteiger partial charge in [-0.25, -0.2) is 4.39 Å². The van der Waals surface area contributed by atoms with Crippen LogP contribution in [0.15, 0.2) is 18.2 Å². The highest BCUT2D eigenvalue weighted by Gasteiger charge is 2.53. The van der Waals surface area contributed by atoms with Crippen molar-refractivity contribution in [3.8, 4) is 0 Å². The molecule has 2 aliphatic heterocycles. The second-order valence-corrected chi connectivity index (χ2v) is 16.7. The largest absolute Gasteiger partial charge is 0.428 e. The lowest BCUT2D eigenvalue weighted by molar-refractivity contribution is -0.124. The van der Waals surface area contributed by atoms with Crippen molar-refractivity contribution in [1.82, 2.24) is 0 Å². The van der Waals surface area contributed by atoms with Crippen molar-refractivity contribution in [3.63, 3.8) is 0 Å². The van der Waals surface area contributed by atoms with Crippen molar-refractivity contribution in [3.05, 3.63) is 23.8 Å². The van der Waals surface area contributed by atoms with E-state index in [4.69, 9.17) is 22.0 Å². The highest BCUT2D eigenvalue weighted by Crippen LogP contribution is 2.51. The zero-order chi connectivity index (χ0) is 35.4. The van der Waals surface area contributed by atoms with Crippen LogP contribution in [-0.2, 0) is 19.6 Å². The van der Waals surface area contributed by atoms with E-state index < -0.39 is 11.8 Å². The molecule has 0 spiro atoms. The van der Waals surface area contributed by atoms with E-state index in [1.807, 2.05) is 21.3 Å². The van der Waals surface area contributed by atoms with Crippen LogP contribution in [0.25, 0.3) is 0 Å². The van der Waals surface area contributed by atoms with Gasteiger partial charge >= 0.3 is 7.48 Å². The van der Waals surface area contributed by atoms with Gasteiger partial charge in [0.25, 0.3) is 0 Å². The number of hydrogen-bond donors (Lipinski definition) is 1. The summed E-state index contributed by atoms with van der Waals surface area (Å²) >= 11 is 4.71. The zero-order valence-corrected chi connectivity index (χ0v) is 33.0. The Hall–Kier alpha value is -1.05. The first kappa shape index (κ1) is 42.1. The third kappa shape index (κ3) is 11.0. The second-order valence-electron chi connectivity index (χ2n) is 15.6. The lowest BCUT2D eigenvalue weighted by Gasteiger charge is -2.42. The monoisotopic (exact) mass is 675 g/mol. The lowest BCUT2D eigenvalue weighted by Crippen LogP contribution is -2.50. The molecule has 269 valence electrons. The standard InChI is InChI=1S/C26H41BNO2S.C7H15F.C7H14O/c1-8-13-26(14-9-2)21-12-11-19(27-30-24(4,5)25(6,7)31)17-22(21)28(23(26)29)20-15-18(10-3)16-20;1-3-5-7(8)6-4-2;1-3-6(2)7-4-8-5-7/h11-12,17-18,20,31H,8-10,13-16H2,1-7H3;7H,3-6H2,1-2H3;6-7H,3-5H2,1-2H3. The van der Waals surface area contributed by atoms with Crippen LogP contribution in [0.4, 0.5) is 10.1 Å². The first-order chi connectivity index (χ1) is 22.2. The molecule has 1 aliphatic carbocycles. The van der Waals surface area contributed by atoms with E-state index in [2.05, 4.69) is 85.4 Å². The van der Waals surface area contributed by atoms with Crippen molar-refractivity contribution < 1.29 is 18.6 Å². The van der Waals surface area contributed by atoms with E-state index in [0.29, 0.717) is 11.9 Å². The van der Waals surface area contributed by atoms with E-state index in [1.165, 1.54) is 18.4 Å². The number of rotatable bonds is 16. The number of halogens is 1. The van der Waals surface area contributed by atoms with Gasteiger partial charge in [0.1, 0.15) is 6.17 Å². The lowest BCUT2D eigenvalue weighted by atomic mass is 9.73. The van der Waals surface area contributed by atoms with Crippen LogP contribution in [0, 0.1) is 17.8 Å². The van der Waals surface area contributed by atoms with Gasteiger partial charge in [-0.2, -0.15) is 12.6 Å². The Morgan fingerprint density at radius 2 is 1.57 bits per heavy atom. The summed E-state index contributed by atoms with van der Waals surface area (Å²) < 4.78 is 23.4. The summed E-state index contributed by atoms with van der Waals surface area (Å²) in [7, 11) is 1.84. The molecule has 1 unspecified atom stereocenters. The Morgan fingerprint density at radius 3 is 1.98 bits per heavy atom. The summed E-state index contributed by atoms with van der Waals surface area (Å²) in [6.45, 7) is 25.5. The molecule has 1 atom stereocenters. The van der Waals surface area contributed by atoms with Gasteiger partial charge in [0.2, 0.25) is 5.91 Å². The van der Waals surface area contributed by atoms with Crippen molar-refractivity contribution in [2.24, 2.45) is 17.8 Å². The maximum atomic E-state index is 13.9. The van der Waals surface area contributed by atoms with Gasteiger partial charge in [-0.15, -0.1) is 0 Å². The SMILES string of the molecule is CCC(C)C1COC1.CCCC(F)CCC.CCCC1(CCC)C(=O)N(C2CC(CC)C2)c2cc([B]OC(C)(C)C(C)(C)S)ccc21. The molecule has 0 bridgehead atoms. The summed E-state index contributed by atoms with van der Waals surface area (Å²) in [4.78, 5) is 16.1. The molecule has 2 heterocycles. The highest BCUT2D eigenvalue weighted by atomic mass is 32.1. The maximum absolute atomic E-state index is 13.9. The van der Waals surface area contributed by atoms with Crippen LogP contribution in [0.1, 0.15) is 159 Å². The van der Waals surface area contributed by atoms with E-state index in [1.54, 1.807) is 0 Å². The molecule has 1 aromatic rings. The minimum atomic E-state index is -0.537. The van der Waals surface area contributed by atoms with Gasteiger partial charge in [0, 0.05) is 22.4 Å². The molecule has 0 aromatic heterocycles. The van der Waals surface area contributed by atoms with E-state index in [9.17, 15) is 9.18 Å². The summed E-state index contributed by atoms with van der Waals surface area (Å²) in [5, 5.41) is 0. The van der Waals surface area contributed by atoms with Crippen LogP contribution < -0.4 is 10.4 Å². The topological polar surface area (TPSA) is 38.8 Å². The second kappa shape index (κ2) is 19.4. The van der Waals surface area contributed by atoms with Gasteiger partial charge in [-0.1, -0.05) is 105 Å². The first-order valence-corrected chi connectivity index (χ1v) is 19.5. The van der Waals surface area contributed by atoms with E-state index in [0.717, 1.165) is 106 Å². The summed E-state index contributed by atoms with van der Waals surface area (Å²) in [6.07, 6.45) is 11.5. The maximum Gasteiger partial charge on any atom is 0.330 e. The first-order valence-electron chi connectivity index (χ1n) is 19.1. The van der Waals surface area contributed by atoms with Gasteiger partial charge in [0.05, 0.1) is 24.2 Å². The Balaban J connectivity index is 0.000000392. The minimum Gasteiger partial charge on any atom is -0.428 e. The Labute approximate surface area is 295 Å². The smallest absolute Gasteiger partial charge is 0.330 e. The number of ether oxygens (including phenoxy) is 1. The van der Waals surface area contributed by atoms with E-state index in [-0.39, 0.29) is 10.2 Å². The van der Waals surface area contributed by atoms with Crippen LogP contribution in [-0.4, -0.2) is 49.2 Å². The predicted molar refractivity (Wildman–Crippen MR) is 204 cm³/mol. The molecular formula is C40H70BFNO3S. The average molecular weight is 675 g/mol. The number of amides is 1. The third-order valence-electron chi connectivity index (χ3n) is 11.2. The quantitative estimate of drug-likeness (QED) is 0.140. The van der Waals surface area contributed by atoms with Crippen molar-refractivity contribution in [1.29, 1.82) is 0 Å². The number of hydrogen-bond acceptors (Lipinski definition) is 4. The number of carbonyl (C=O) groups excluding carboxylic acids is 1. The summed E-state index contributed by atoms with van der Waals surface area (Å²) in [6, 6.07) is 6.84. The molecule has 1 aromatic carbocycles. The number of nitrogens with zero attached hydrogens (tertiary/aromatic N) is 1. The van der Waals surface area contributed by atoms with Gasteiger partial charge in [0.15, 0.2) is 0 Å². The molecule has 1 radical (unpaired) electrons. The molecule has 0 N–H and O–H groups in total. The fourth-order valence-corrected chi connectivity index (χ4v) is 6.85. The fraction of sp³-hybridized carbons (Fsp3) is 0.825. The van der Waals surface area contributed by atoms with Gasteiger partial charge in [-0.3, -0.25) is 4.79 Å². The Morgan fingerprint density at radius 1 is 1.00 bits per heavy atom. The number of benzene rings is 1. The normalized spacial score (nSPS) is 21.1. The van der Waals surface area contributed by atoms with Crippen LogP contribution in [0.5, 0.6) is 0 Å². The zero-order valence-electron chi connectivity index (χ0n) is 32.1. The summed E-state index contributed by atoms with van der Waals surface area (Å²) in [5.41, 5.74) is 2.58. The number of carbonyl (C=O) groups is 1.